The number of carbonyl (C=O) groups excluding carboxylic acids is 1. The molecule has 0 unspecified atom stereocenters. The predicted molar refractivity (Wildman–Crippen MR) is 119 cm³/mol. The Bertz CT molecular complexity index is 1300. The molecule has 3 aromatic heterocycles. The van der Waals surface area contributed by atoms with Crippen LogP contribution in [0.4, 0.5) is 5.82 Å². The highest BCUT2D eigenvalue weighted by atomic mass is 16.6. The maximum absolute atomic E-state index is 12.3. The van der Waals surface area contributed by atoms with Crippen LogP contribution in [0.3, 0.4) is 0 Å². The van der Waals surface area contributed by atoms with E-state index in [9.17, 15) is 4.79 Å². The van der Waals surface area contributed by atoms with E-state index in [4.69, 9.17) is 19.7 Å². The Morgan fingerprint density at radius 2 is 2.00 bits per heavy atom. The van der Waals surface area contributed by atoms with E-state index >= 15 is 0 Å². The standard InChI is InChI=1S/C23H25N5O4/c1-13-8-17(27-32-13)18-11-16(21-22(24)25-12-26-28(18)21)14-6-7-15(19(9-14)30-5)10-20(29)31-23(2,3)4/h6-9,11-12H,10H2,1-5H3,(H2,24,25,26). The van der Waals surface area contributed by atoms with Crippen molar-refractivity contribution in [3.63, 3.8) is 0 Å². The Morgan fingerprint density at radius 1 is 1.22 bits per heavy atom. The number of anilines is 1. The molecule has 1 aromatic carbocycles. The first-order valence-electron chi connectivity index (χ1n) is 10.1. The molecule has 4 aromatic rings. The maximum Gasteiger partial charge on any atom is 0.310 e. The van der Waals surface area contributed by atoms with E-state index in [-0.39, 0.29) is 12.4 Å². The van der Waals surface area contributed by atoms with Gasteiger partial charge in [-0.2, -0.15) is 5.10 Å². The molecule has 0 saturated heterocycles. The van der Waals surface area contributed by atoms with Gasteiger partial charge < -0.3 is 19.7 Å². The first kappa shape index (κ1) is 21.4. The fourth-order valence-corrected chi connectivity index (χ4v) is 3.55. The van der Waals surface area contributed by atoms with Crippen LogP contribution in [0.2, 0.25) is 0 Å². The van der Waals surface area contributed by atoms with E-state index in [0.29, 0.717) is 28.5 Å². The lowest BCUT2D eigenvalue weighted by molar-refractivity contribution is -0.153. The highest BCUT2D eigenvalue weighted by Crippen LogP contribution is 2.36. The monoisotopic (exact) mass is 435 g/mol. The number of nitrogens with zero attached hydrogens (tertiary/aromatic N) is 4. The number of nitrogens with two attached hydrogens (primary N) is 1. The van der Waals surface area contributed by atoms with Crippen molar-refractivity contribution in [2.24, 2.45) is 0 Å². The van der Waals surface area contributed by atoms with Gasteiger partial charge in [-0.15, -0.1) is 0 Å². The number of aryl methyl sites for hydroxylation is 1. The Morgan fingerprint density at radius 3 is 2.66 bits per heavy atom. The zero-order chi connectivity index (χ0) is 23.0. The van der Waals surface area contributed by atoms with Gasteiger partial charge in [0.25, 0.3) is 0 Å². The summed E-state index contributed by atoms with van der Waals surface area (Å²) >= 11 is 0. The molecule has 2 N–H and O–H groups in total. The van der Waals surface area contributed by atoms with Crippen molar-refractivity contribution in [2.75, 3.05) is 12.8 Å². The second-order valence-corrected chi connectivity index (χ2v) is 8.46. The molecule has 4 rings (SSSR count). The predicted octanol–water partition coefficient (Wildman–Crippen LogP) is 3.83. The number of esters is 1. The van der Waals surface area contributed by atoms with Crippen molar-refractivity contribution in [2.45, 2.75) is 39.7 Å². The second-order valence-electron chi connectivity index (χ2n) is 8.46. The van der Waals surface area contributed by atoms with Crippen LogP contribution < -0.4 is 10.5 Å². The third-order valence-corrected chi connectivity index (χ3v) is 4.83. The highest BCUT2D eigenvalue weighted by Gasteiger charge is 2.21. The summed E-state index contributed by atoms with van der Waals surface area (Å²) in [4.78, 5) is 16.5. The van der Waals surface area contributed by atoms with E-state index in [0.717, 1.165) is 22.4 Å². The van der Waals surface area contributed by atoms with Gasteiger partial charge in [0.2, 0.25) is 0 Å². The van der Waals surface area contributed by atoms with Crippen molar-refractivity contribution in [3.05, 3.63) is 48.0 Å². The molecule has 9 nitrogen and oxygen atoms in total. The number of fused-ring (bicyclic) bond motifs is 1. The van der Waals surface area contributed by atoms with Crippen molar-refractivity contribution in [3.8, 4) is 28.3 Å². The molecule has 9 heteroatoms. The topological polar surface area (TPSA) is 118 Å². The molecule has 0 spiro atoms. The summed E-state index contributed by atoms with van der Waals surface area (Å²) in [6, 6.07) is 9.37. The van der Waals surface area contributed by atoms with Crippen molar-refractivity contribution >= 4 is 17.3 Å². The third kappa shape index (κ3) is 4.14. The zero-order valence-corrected chi connectivity index (χ0v) is 18.7. The third-order valence-electron chi connectivity index (χ3n) is 4.83. The number of aromatic nitrogens is 4. The molecule has 166 valence electrons. The lowest BCUT2D eigenvalue weighted by Crippen LogP contribution is -2.25. The molecule has 0 fully saturated rings. The molecule has 0 radical (unpaired) electrons. The van der Waals surface area contributed by atoms with Gasteiger partial charge in [-0.3, -0.25) is 4.79 Å². The molecule has 3 heterocycles. The summed E-state index contributed by atoms with van der Waals surface area (Å²) in [5.41, 5.74) is 10.0. The maximum atomic E-state index is 12.3. The molecule has 0 amide bonds. The van der Waals surface area contributed by atoms with Crippen molar-refractivity contribution < 1.29 is 18.8 Å². The van der Waals surface area contributed by atoms with E-state index in [1.165, 1.54) is 6.33 Å². The van der Waals surface area contributed by atoms with Crippen LogP contribution in [-0.2, 0) is 16.0 Å². The summed E-state index contributed by atoms with van der Waals surface area (Å²) in [5, 5.41) is 8.47. The van der Waals surface area contributed by atoms with Crippen LogP contribution in [0.1, 0.15) is 32.1 Å². The van der Waals surface area contributed by atoms with Crippen LogP contribution in [0, 0.1) is 6.92 Å². The van der Waals surface area contributed by atoms with Crippen LogP contribution in [0.25, 0.3) is 28.0 Å². The van der Waals surface area contributed by atoms with Crippen LogP contribution in [0.5, 0.6) is 5.75 Å². The van der Waals surface area contributed by atoms with Crippen LogP contribution >= 0.6 is 0 Å². The first-order chi connectivity index (χ1) is 15.2. The van der Waals surface area contributed by atoms with Crippen molar-refractivity contribution in [1.29, 1.82) is 0 Å². The summed E-state index contributed by atoms with van der Waals surface area (Å²) < 4.78 is 17.9. The summed E-state index contributed by atoms with van der Waals surface area (Å²) in [6.07, 6.45) is 1.50. The van der Waals surface area contributed by atoms with Gasteiger partial charge in [0.15, 0.2) is 5.82 Å². The minimum Gasteiger partial charge on any atom is -0.496 e. The van der Waals surface area contributed by atoms with Crippen LogP contribution in [0.15, 0.2) is 41.2 Å². The fraction of sp³-hybridized carbons (Fsp3) is 0.304. The second kappa shape index (κ2) is 7.99. The van der Waals surface area contributed by atoms with Gasteiger partial charge in [-0.25, -0.2) is 9.50 Å². The molecule has 0 bridgehead atoms. The molecule has 0 aliphatic rings. The van der Waals surface area contributed by atoms with Gasteiger partial charge in [0, 0.05) is 17.2 Å². The average molecular weight is 435 g/mol. The highest BCUT2D eigenvalue weighted by molar-refractivity contribution is 5.92. The average Bonchev–Trinajstić information content (AvgIpc) is 3.31. The van der Waals surface area contributed by atoms with Crippen LogP contribution in [-0.4, -0.2) is 38.4 Å². The summed E-state index contributed by atoms with van der Waals surface area (Å²) in [5.74, 6) is 1.27. The van der Waals surface area contributed by atoms with E-state index in [1.54, 1.807) is 11.6 Å². The van der Waals surface area contributed by atoms with Gasteiger partial charge in [-0.1, -0.05) is 17.3 Å². The van der Waals surface area contributed by atoms with E-state index < -0.39 is 5.60 Å². The number of benzene rings is 1. The smallest absolute Gasteiger partial charge is 0.310 e. The van der Waals surface area contributed by atoms with Gasteiger partial charge in [0.1, 0.15) is 34.6 Å². The molecular formula is C23H25N5O4. The first-order valence-corrected chi connectivity index (χ1v) is 10.1. The lowest BCUT2D eigenvalue weighted by atomic mass is 10.0. The Kier molecular flexibility index (Phi) is 5.33. The quantitative estimate of drug-likeness (QED) is 0.470. The molecule has 0 saturated carbocycles. The Labute approximate surface area is 185 Å². The largest absolute Gasteiger partial charge is 0.496 e. The summed E-state index contributed by atoms with van der Waals surface area (Å²) in [6.45, 7) is 7.34. The van der Waals surface area contributed by atoms with Gasteiger partial charge in [-0.05, 0) is 45.4 Å². The SMILES string of the molecule is COc1cc(-c2cc(-c3cc(C)on3)n3ncnc(N)c23)ccc1CC(=O)OC(C)(C)C. The lowest BCUT2D eigenvalue weighted by Gasteiger charge is -2.20. The molecule has 32 heavy (non-hydrogen) atoms. The Hall–Kier alpha value is -3.88. The summed E-state index contributed by atoms with van der Waals surface area (Å²) in [7, 11) is 1.57. The van der Waals surface area contributed by atoms with Gasteiger partial charge in [0.05, 0.1) is 19.2 Å². The molecule has 0 atom stereocenters. The molecule has 0 aliphatic heterocycles. The molecule has 0 aliphatic carbocycles. The van der Waals surface area contributed by atoms with Crippen molar-refractivity contribution in [1.82, 2.24) is 19.8 Å². The number of ether oxygens (including phenoxy) is 2. The molecular weight excluding hydrogens is 410 g/mol. The minimum atomic E-state index is -0.552. The van der Waals surface area contributed by atoms with E-state index in [2.05, 4.69) is 15.2 Å². The number of nitrogen functional groups attached to an aromatic ring is 1. The zero-order valence-electron chi connectivity index (χ0n) is 18.7. The number of hydrogen-bond donors (Lipinski definition) is 1. The number of hydrogen-bond acceptors (Lipinski definition) is 8. The Balaban J connectivity index is 1.78. The number of carbonyl (C=O) groups is 1. The number of methoxy groups -OCH3 is 1. The fourth-order valence-electron chi connectivity index (χ4n) is 3.55. The van der Waals surface area contributed by atoms with E-state index in [1.807, 2.05) is 58.0 Å². The minimum absolute atomic E-state index is 0.103. The normalized spacial score (nSPS) is 11.7. The van der Waals surface area contributed by atoms with Gasteiger partial charge >= 0.3 is 5.97 Å². The number of rotatable bonds is 5.